The van der Waals surface area contributed by atoms with E-state index in [4.69, 9.17) is 5.84 Å². The standard InChI is InChI=1S/C14H26N6/c1-11(2)9-19-4-6-20(7-5-19)10-14-16-12(3)8-13(17-14)18-15/h8,11H,4-7,9-10,15H2,1-3H3,(H,16,17,18). The first kappa shape index (κ1) is 15.2. The van der Waals surface area contributed by atoms with Gasteiger partial charge in [0.15, 0.2) is 0 Å². The van der Waals surface area contributed by atoms with Gasteiger partial charge in [-0.25, -0.2) is 15.8 Å². The molecule has 6 nitrogen and oxygen atoms in total. The summed E-state index contributed by atoms with van der Waals surface area (Å²) in [6.45, 7) is 12.9. The Morgan fingerprint density at radius 2 is 1.85 bits per heavy atom. The number of aromatic nitrogens is 2. The van der Waals surface area contributed by atoms with Gasteiger partial charge in [0.05, 0.1) is 6.54 Å². The molecule has 0 aliphatic carbocycles. The van der Waals surface area contributed by atoms with E-state index in [0.717, 1.165) is 50.2 Å². The largest absolute Gasteiger partial charge is 0.308 e. The molecule has 1 fully saturated rings. The monoisotopic (exact) mass is 278 g/mol. The highest BCUT2D eigenvalue weighted by Gasteiger charge is 2.18. The maximum atomic E-state index is 5.42. The number of piperazine rings is 1. The second-order valence-corrected chi connectivity index (χ2v) is 5.93. The van der Waals surface area contributed by atoms with Gasteiger partial charge in [-0.3, -0.25) is 4.90 Å². The van der Waals surface area contributed by atoms with Crippen LogP contribution in [0.1, 0.15) is 25.4 Å². The zero-order valence-electron chi connectivity index (χ0n) is 12.8. The normalized spacial score (nSPS) is 17.6. The van der Waals surface area contributed by atoms with Crippen LogP contribution in [0.3, 0.4) is 0 Å². The van der Waals surface area contributed by atoms with E-state index in [-0.39, 0.29) is 0 Å². The maximum absolute atomic E-state index is 5.42. The third kappa shape index (κ3) is 4.40. The lowest BCUT2D eigenvalue weighted by molar-refractivity contribution is 0.115. The molecule has 112 valence electrons. The minimum absolute atomic E-state index is 0.686. The van der Waals surface area contributed by atoms with Gasteiger partial charge >= 0.3 is 0 Å². The number of hydrogen-bond acceptors (Lipinski definition) is 6. The zero-order chi connectivity index (χ0) is 14.5. The molecule has 2 rings (SSSR count). The molecule has 20 heavy (non-hydrogen) atoms. The molecule has 0 saturated carbocycles. The lowest BCUT2D eigenvalue weighted by Crippen LogP contribution is -2.47. The number of hydrazine groups is 1. The SMILES string of the molecule is Cc1cc(NN)nc(CN2CCN(CC(C)C)CC2)n1. The summed E-state index contributed by atoms with van der Waals surface area (Å²) >= 11 is 0. The summed E-state index contributed by atoms with van der Waals surface area (Å²) < 4.78 is 0. The highest BCUT2D eigenvalue weighted by atomic mass is 15.3. The van der Waals surface area contributed by atoms with E-state index in [1.54, 1.807) is 0 Å². The average Bonchev–Trinajstić information content (AvgIpc) is 2.39. The molecule has 2 heterocycles. The first-order chi connectivity index (χ1) is 9.56. The summed E-state index contributed by atoms with van der Waals surface area (Å²) in [6.07, 6.45) is 0. The van der Waals surface area contributed by atoms with Gasteiger partial charge in [0.25, 0.3) is 0 Å². The molecule has 0 atom stereocenters. The van der Waals surface area contributed by atoms with Gasteiger partial charge in [0.2, 0.25) is 0 Å². The van der Waals surface area contributed by atoms with Crippen molar-refractivity contribution in [1.82, 2.24) is 19.8 Å². The van der Waals surface area contributed by atoms with Crippen molar-refractivity contribution in [1.29, 1.82) is 0 Å². The molecular weight excluding hydrogens is 252 g/mol. The fourth-order valence-corrected chi connectivity index (χ4v) is 2.62. The lowest BCUT2D eigenvalue weighted by Gasteiger charge is -2.35. The Morgan fingerprint density at radius 1 is 1.20 bits per heavy atom. The van der Waals surface area contributed by atoms with Crippen LogP contribution >= 0.6 is 0 Å². The average molecular weight is 278 g/mol. The van der Waals surface area contributed by atoms with Crippen LogP contribution in [0.25, 0.3) is 0 Å². The topological polar surface area (TPSA) is 70.3 Å². The summed E-state index contributed by atoms with van der Waals surface area (Å²) in [6, 6.07) is 1.85. The van der Waals surface area contributed by atoms with Gasteiger partial charge in [-0.05, 0) is 12.8 Å². The highest BCUT2D eigenvalue weighted by Crippen LogP contribution is 2.10. The summed E-state index contributed by atoms with van der Waals surface area (Å²) in [5.41, 5.74) is 3.54. The molecule has 3 N–H and O–H groups in total. The smallest absolute Gasteiger partial charge is 0.145 e. The summed E-state index contributed by atoms with van der Waals surface area (Å²) in [7, 11) is 0. The first-order valence-corrected chi connectivity index (χ1v) is 7.32. The molecule has 1 aliphatic heterocycles. The fourth-order valence-electron chi connectivity index (χ4n) is 2.62. The first-order valence-electron chi connectivity index (χ1n) is 7.32. The maximum Gasteiger partial charge on any atom is 0.145 e. The molecule has 0 amide bonds. The third-order valence-electron chi connectivity index (χ3n) is 3.50. The van der Waals surface area contributed by atoms with Crippen LogP contribution in [-0.2, 0) is 6.54 Å². The molecule has 1 aliphatic rings. The Morgan fingerprint density at radius 3 is 2.45 bits per heavy atom. The Balaban J connectivity index is 1.87. The number of nitrogen functional groups attached to an aromatic ring is 1. The van der Waals surface area contributed by atoms with Crippen LogP contribution in [0, 0.1) is 12.8 Å². The molecule has 6 heteroatoms. The lowest BCUT2D eigenvalue weighted by atomic mass is 10.2. The molecule has 0 aromatic carbocycles. The molecule has 0 unspecified atom stereocenters. The van der Waals surface area contributed by atoms with Crippen molar-refractivity contribution in [3.05, 3.63) is 17.6 Å². The Bertz CT molecular complexity index is 426. The molecule has 0 spiro atoms. The number of nitrogens with two attached hydrogens (primary N) is 1. The minimum atomic E-state index is 0.686. The van der Waals surface area contributed by atoms with Crippen molar-refractivity contribution < 1.29 is 0 Å². The second-order valence-electron chi connectivity index (χ2n) is 5.93. The molecule has 1 aromatic heterocycles. The summed E-state index contributed by atoms with van der Waals surface area (Å²) in [4.78, 5) is 13.8. The van der Waals surface area contributed by atoms with Gasteiger partial charge < -0.3 is 10.3 Å². The number of rotatable bonds is 5. The van der Waals surface area contributed by atoms with E-state index < -0.39 is 0 Å². The van der Waals surface area contributed by atoms with Crippen LogP contribution in [-0.4, -0.2) is 52.5 Å². The van der Waals surface area contributed by atoms with Gasteiger partial charge in [-0.15, -0.1) is 0 Å². The van der Waals surface area contributed by atoms with Crippen molar-refractivity contribution in [2.24, 2.45) is 11.8 Å². The van der Waals surface area contributed by atoms with E-state index in [9.17, 15) is 0 Å². The predicted molar refractivity (Wildman–Crippen MR) is 81.1 cm³/mol. The van der Waals surface area contributed by atoms with Crippen molar-refractivity contribution in [2.75, 3.05) is 38.1 Å². The van der Waals surface area contributed by atoms with Crippen molar-refractivity contribution in [2.45, 2.75) is 27.3 Å². The van der Waals surface area contributed by atoms with Crippen molar-refractivity contribution in [3.63, 3.8) is 0 Å². The van der Waals surface area contributed by atoms with Crippen LogP contribution in [0.2, 0.25) is 0 Å². The van der Waals surface area contributed by atoms with E-state index in [2.05, 4.69) is 39.0 Å². The van der Waals surface area contributed by atoms with Gasteiger partial charge in [-0.1, -0.05) is 13.8 Å². The number of hydrogen-bond donors (Lipinski definition) is 2. The van der Waals surface area contributed by atoms with E-state index in [1.807, 2.05) is 13.0 Å². The van der Waals surface area contributed by atoms with Crippen LogP contribution < -0.4 is 11.3 Å². The van der Waals surface area contributed by atoms with E-state index in [0.29, 0.717) is 5.82 Å². The number of anilines is 1. The van der Waals surface area contributed by atoms with Gasteiger partial charge in [0, 0.05) is 44.5 Å². The van der Waals surface area contributed by atoms with Crippen LogP contribution in [0.4, 0.5) is 5.82 Å². The fraction of sp³-hybridized carbons (Fsp3) is 0.714. The van der Waals surface area contributed by atoms with Gasteiger partial charge in [0.1, 0.15) is 11.6 Å². The molecular formula is C14H26N6. The van der Waals surface area contributed by atoms with Crippen LogP contribution in [0.5, 0.6) is 0 Å². The van der Waals surface area contributed by atoms with Crippen LogP contribution in [0.15, 0.2) is 6.07 Å². The number of aryl methyl sites for hydroxylation is 1. The van der Waals surface area contributed by atoms with Gasteiger partial charge in [-0.2, -0.15) is 0 Å². The number of nitrogens with one attached hydrogen (secondary N) is 1. The highest BCUT2D eigenvalue weighted by molar-refractivity contribution is 5.33. The van der Waals surface area contributed by atoms with Crippen molar-refractivity contribution in [3.8, 4) is 0 Å². The third-order valence-corrected chi connectivity index (χ3v) is 3.50. The molecule has 0 radical (unpaired) electrons. The quantitative estimate of drug-likeness (QED) is 0.614. The molecule has 1 aromatic rings. The molecule has 1 saturated heterocycles. The molecule has 0 bridgehead atoms. The Kier molecular flexibility index (Phi) is 5.28. The second kappa shape index (κ2) is 6.97. The van der Waals surface area contributed by atoms with Crippen molar-refractivity contribution >= 4 is 5.82 Å². The Labute approximate surface area is 121 Å². The predicted octanol–water partition coefficient (Wildman–Crippen LogP) is 0.844. The zero-order valence-corrected chi connectivity index (χ0v) is 12.8. The Hall–Kier alpha value is -1.24. The number of nitrogens with zero attached hydrogens (tertiary/aromatic N) is 4. The summed E-state index contributed by atoms with van der Waals surface area (Å²) in [5, 5.41) is 0. The van der Waals surface area contributed by atoms with E-state index >= 15 is 0 Å². The minimum Gasteiger partial charge on any atom is -0.308 e. The summed E-state index contributed by atoms with van der Waals surface area (Å²) in [5.74, 6) is 7.69. The van der Waals surface area contributed by atoms with E-state index in [1.165, 1.54) is 6.54 Å².